The van der Waals surface area contributed by atoms with Gasteiger partial charge in [0.15, 0.2) is 5.22 Å². The summed E-state index contributed by atoms with van der Waals surface area (Å²) in [4.78, 5) is 0. The summed E-state index contributed by atoms with van der Waals surface area (Å²) >= 11 is 7.66. The zero-order valence-corrected chi connectivity index (χ0v) is 10.8. The maximum absolute atomic E-state index is 5.68. The summed E-state index contributed by atoms with van der Waals surface area (Å²) in [7, 11) is 0. The SMILES string of the molecule is CCSCCC(C)NCc1ccc(Cl)o1. The number of hydrogen-bond donors (Lipinski definition) is 1. The summed E-state index contributed by atoms with van der Waals surface area (Å²) < 4.78 is 5.26. The molecule has 1 aromatic heterocycles. The summed E-state index contributed by atoms with van der Waals surface area (Å²) in [6, 6.07) is 4.20. The van der Waals surface area contributed by atoms with Gasteiger partial charge in [-0.25, -0.2) is 0 Å². The lowest BCUT2D eigenvalue weighted by Crippen LogP contribution is -2.25. The van der Waals surface area contributed by atoms with Crippen LogP contribution in [0.1, 0.15) is 26.0 Å². The average molecular weight is 248 g/mol. The van der Waals surface area contributed by atoms with Crippen LogP contribution in [0.25, 0.3) is 0 Å². The molecule has 1 unspecified atom stereocenters. The van der Waals surface area contributed by atoms with Gasteiger partial charge in [0.2, 0.25) is 0 Å². The van der Waals surface area contributed by atoms with E-state index in [1.165, 1.54) is 17.9 Å². The van der Waals surface area contributed by atoms with Gasteiger partial charge < -0.3 is 9.73 Å². The van der Waals surface area contributed by atoms with Crippen molar-refractivity contribution in [2.75, 3.05) is 11.5 Å². The predicted octanol–water partition coefficient (Wildman–Crippen LogP) is 3.55. The van der Waals surface area contributed by atoms with Crippen LogP contribution in [-0.4, -0.2) is 17.5 Å². The second-order valence-corrected chi connectivity index (χ2v) is 5.24. The fraction of sp³-hybridized carbons (Fsp3) is 0.636. The molecule has 4 heteroatoms. The quantitative estimate of drug-likeness (QED) is 0.746. The minimum absolute atomic E-state index is 0.459. The number of halogens is 1. The Hall–Kier alpha value is -0.120. The third-order valence-corrected chi connectivity index (χ3v) is 3.29. The molecule has 0 bridgehead atoms. The van der Waals surface area contributed by atoms with Crippen LogP contribution in [0.3, 0.4) is 0 Å². The predicted molar refractivity (Wildman–Crippen MR) is 67.6 cm³/mol. The van der Waals surface area contributed by atoms with Crippen molar-refractivity contribution in [3.63, 3.8) is 0 Å². The van der Waals surface area contributed by atoms with Crippen molar-refractivity contribution in [2.45, 2.75) is 32.9 Å². The fourth-order valence-electron chi connectivity index (χ4n) is 1.23. The van der Waals surface area contributed by atoms with E-state index in [2.05, 4.69) is 19.2 Å². The lowest BCUT2D eigenvalue weighted by molar-refractivity contribution is 0.452. The van der Waals surface area contributed by atoms with Crippen molar-refractivity contribution in [1.29, 1.82) is 0 Å². The van der Waals surface area contributed by atoms with Crippen LogP contribution in [-0.2, 0) is 6.54 Å². The second kappa shape index (κ2) is 7.20. The molecular weight excluding hydrogens is 230 g/mol. The Balaban J connectivity index is 2.13. The maximum Gasteiger partial charge on any atom is 0.193 e. The number of hydrogen-bond acceptors (Lipinski definition) is 3. The number of nitrogens with one attached hydrogen (secondary N) is 1. The first-order chi connectivity index (χ1) is 7.22. The average Bonchev–Trinajstić information content (AvgIpc) is 2.62. The molecule has 0 aliphatic carbocycles. The zero-order valence-electron chi connectivity index (χ0n) is 9.25. The van der Waals surface area contributed by atoms with Crippen LogP contribution in [0.2, 0.25) is 5.22 Å². The number of rotatable bonds is 7. The van der Waals surface area contributed by atoms with Crippen LogP contribution >= 0.6 is 23.4 Å². The van der Waals surface area contributed by atoms with Crippen LogP contribution < -0.4 is 5.32 Å². The number of thioether (sulfide) groups is 1. The van der Waals surface area contributed by atoms with E-state index in [1.54, 1.807) is 6.07 Å². The highest BCUT2D eigenvalue weighted by Crippen LogP contribution is 2.13. The van der Waals surface area contributed by atoms with Gasteiger partial charge in [0.25, 0.3) is 0 Å². The Morgan fingerprint density at radius 1 is 1.53 bits per heavy atom. The van der Waals surface area contributed by atoms with Crippen LogP contribution in [0.15, 0.2) is 16.5 Å². The molecule has 0 aliphatic heterocycles. The highest BCUT2D eigenvalue weighted by Gasteiger charge is 2.03. The van der Waals surface area contributed by atoms with Gasteiger partial charge in [-0.15, -0.1) is 0 Å². The summed E-state index contributed by atoms with van der Waals surface area (Å²) in [5.74, 6) is 3.30. The van der Waals surface area contributed by atoms with Crippen LogP contribution in [0.4, 0.5) is 0 Å². The molecule has 1 atom stereocenters. The summed E-state index contributed by atoms with van der Waals surface area (Å²) in [5, 5.41) is 3.86. The van der Waals surface area contributed by atoms with E-state index < -0.39 is 0 Å². The maximum atomic E-state index is 5.68. The van der Waals surface area contributed by atoms with E-state index in [0.29, 0.717) is 11.3 Å². The van der Waals surface area contributed by atoms with Gasteiger partial charge in [0, 0.05) is 6.04 Å². The smallest absolute Gasteiger partial charge is 0.193 e. The molecule has 2 nitrogen and oxygen atoms in total. The molecule has 0 aromatic carbocycles. The standard InChI is InChI=1S/C11H18ClNOS/c1-3-15-7-6-9(2)13-8-10-4-5-11(12)14-10/h4-5,9,13H,3,6-8H2,1-2H3. The lowest BCUT2D eigenvalue weighted by atomic mass is 10.2. The van der Waals surface area contributed by atoms with Crippen molar-refractivity contribution in [1.82, 2.24) is 5.32 Å². The van der Waals surface area contributed by atoms with Gasteiger partial charge in [-0.1, -0.05) is 6.92 Å². The Morgan fingerprint density at radius 2 is 2.33 bits per heavy atom. The molecular formula is C11H18ClNOS. The zero-order chi connectivity index (χ0) is 11.1. The van der Waals surface area contributed by atoms with E-state index in [9.17, 15) is 0 Å². The van der Waals surface area contributed by atoms with Crippen LogP contribution in [0.5, 0.6) is 0 Å². The minimum Gasteiger partial charge on any atom is -0.448 e. The largest absolute Gasteiger partial charge is 0.448 e. The Bertz CT molecular complexity index is 277. The van der Waals surface area contributed by atoms with Gasteiger partial charge in [-0.2, -0.15) is 11.8 Å². The van der Waals surface area contributed by atoms with Crippen molar-refractivity contribution >= 4 is 23.4 Å². The molecule has 0 aliphatic rings. The number of furan rings is 1. The first-order valence-corrected chi connectivity index (χ1v) is 6.81. The van der Waals surface area contributed by atoms with Gasteiger partial charge >= 0.3 is 0 Å². The second-order valence-electron chi connectivity index (χ2n) is 3.47. The van der Waals surface area contributed by atoms with Gasteiger partial charge in [-0.05, 0) is 48.6 Å². The Labute approximate surface area is 101 Å². The summed E-state index contributed by atoms with van der Waals surface area (Å²) in [6.07, 6.45) is 1.19. The first-order valence-electron chi connectivity index (χ1n) is 5.27. The Kier molecular flexibility index (Phi) is 6.22. The van der Waals surface area contributed by atoms with E-state index in [1.807, 2.05) is 17.8 Å². The monoisotopic (exact) mass is 247 g/mol. The molecule has 86 valence electrons. The highest BCUT2D eigenvalue weighted by molar-refractivity contribution is 7.99. The summed E-state index contributed by atoms with van der Waals surface area (Å²) in [6.45, 7) is 5.14. The molecule has 0 amide bonds. The molecule has 1 N–H and O–H groups in total. The Morgan fingerprint density at radius 3 is 2.93 bits per heavy atom. The van der Waals surface area contributed by atoms with Crippen molar-refractivity contribution in [2.24, 2.45) is 0 Å². The minimum atomic E-state index is 0.459. The van der Waals surface area contributed by atoms with Crippen molar-refractivity contribution < 1.29 is 4.42 Å². The van der Waals surface area contributed by atoms with Crippen LogP contribution in [0, 0.1) is 0 Å². The molecule has 15 heavy (non-hydrogen) atoms. The topological polar surface area (TPSA) is 25.2 Å². The first kappa shape index (κ1) is 12.9. The highest BCUT2D eigenvalue weighted by atomic mass is 35.5. The van der Waals surface area contributed by atoms with E-state index in [4.69, 9.17) is 16.0 Å². The van der Waals surface area contributed by atoms with E-state index >= 15 is 0 Å². The van der Waals surface area contributed by atoms with E-state index in [0.717, 1.165) is 12.3 Å². The molecule has 0 saturated heterocycles. The van der Waals surface area contributed by atoms with E-state index in [-0.39, 0.29) is 0 Å². The van der Waals surface area contributed by atoms with Gasteiger partial charge in [0.1, 0.15) is 5.76 Å². The molecule has 1 heterocycles. The molecule has 1 rings (SSSR count). The molecule has 0 saturated carbocycles. The van der Waals surface area contributed by atoms with Gasteiger partial charge in [0.05, 0.1) is 6.54 Å². The third-order valence-electron chi connectivity index (χ3n) is 2.15. The van der Waals surface area contributed by atoms with Crippen molar-refractivity contribution in [3.05, 3.63) is 23.1 Å². The molecule has 0 fully saturated rings. The van der Waals surface area contributed by atoms with Crippen molar-refractivity contribution in [3.8, 4) is 0 Å². The molecule has 1 aromatic rings. The summed E-state index contributed by atoms with van der Waals surface area (Å²) in [5.41, 5.74) is 0. The lowest BCUT2D eigenvalue weighted by Gasteiger charge is -2.11. The fourth-order valence-corrected chi connectivity index (χ4v) is 2.20. The molecule has 0 radical (unpaired) electrons. The van der Waals surface area contributed by atoms with Gasteiger partial charge in [-0.3, -0.25) is 0 Å². The molecule has 0 spiro atoms. The third kappa shape index (κ3) is 5.50. The normalized spacial score (nSPS) is 13.0.